The van der Waals surface area contributed by atoms with Gasteiger partial charge in [-0.15, -0.1) is 0 Å². The first-order valence-corrected chi connectivity index (χ1v) is 11.2. The van der Waals surface area contributed by atoms with E-state index in [1.807, 2.05) is 12.1 Å². The van der Waals surface area contributed by atoms with Crippen molar-refractivity contribution in [3.63, 3.8) is 0 Å². The molecule has 0 atom stereocenters. The number of hydrogen-bond donors (Lipinski definition) is 2. The number of aromatic nitrogens is 8. The maximum absolute atomic E-state index is 11.6. The number of benzene rings is 1. The number of piperidine rings is 1. The summed E-state index contributed by atoms with van der Waals surface area (Å²) in [6.45, 7) is 4.59. The summed E-state index contributed by atoms with van der Waals surface area (Å²) in [5, 5.41) is 7.88. The second-order valence-corrected chi connectivity index (χ2v) is 8.33. The van der Waals surface area contributed by atoms with Crippen LogP contribution in [0.2, 0.25) is 0 Å². The van der Waals surface area contributed by atoms with Gasteiger partial charge in [0.2, 0.25) is 0 Å². The Bertz CT molecular complexity index is 1490. The highest BCUT2D eigenvalue weighted by molar-refractivity contribution is 5.87. The number of hydrogen-bond acceptors (Lipinski definition) is 7. The van der Waals surface area contributed by atoms with Gasteiger partial charge in [-0.1, -0.05) is 6.07 Å². The van der Waals surface area contributed by atoms with Crippen LogP contribution in [0.15, 0.2) is 47.8 Å². The van der Waals surface area contributed by atoms with Gasteiger partial charge in [-0.25, -0.2) is 19.7 Å². The Morgan fingerprint density at radius 2 is 1.91 bits per heavy atom. The van der Waals surface area contributed by atoms with Gasteiger partial charge in [0.15, 0.2) is 17.0 Å². The Morgan fingerprint density at radius 3 is 2.70 bits per heavy atom. The lowest BCUT2D eigenvalue weighted by Crippen LogP contribution is -2.33. The molecule has 0 saturated carbocycles. The van der Waals surface area contributed by atoms with E-state index in [-0.39, 0.29) is 5.69 Å². The number of aromatic amines is 2. The molecule has 1 fully saturated rings. The summed E-state index contributed by atoms with van der Waals surface area (Å²) in [4.78, 5) is 33.6. The molecular weight excluding hydrogens is 418 g/mol. The second-order valence-electron chi connectivity index (χ2n) is 8.33. The van der Waals surface area contributed by atoms with Gasteiger partial charge in [0.1, 0.15) is 12.2 Å². The first kappa shape index (κ1) is 19.6. The predicted molar refractivity (Wildman–Crippen MR) is 125 cm³/mol. The molecule has 10 nitrogen and oxygen atoms in total. The lowest BCUT2D eigenvalue weighted by molar-refractivity contribution is 0.503. The summed E-state index contributed by atoms with van der Waals surface area (Å²) in [6.07, 6.45) is 7.03. The Morgan fingerprint density at radius 1 is 1.06 bits per heavy atom. The first-order chi connectivity index (χ1) is 16.2. The number of H-pyrrole nitrogens is 2. The summed E-state index contributed by atoms with van der Waals surface area (Å²) < 4.78 is 2.09. The average molecular weight is 441 g/mol. The lowest BCUT2D eigenvalue weighted by Gasteiger charge is -2.33. The molecule has 0 spiro atoms. The normalized spacial score (nSPS) is 15.0. The number of nitrogens with zero attached hydrogens (tertiary/aromatic N) is 7. The molecule has 0 aliphatic carbocycles. The van der Waals surface area contributed by atoms with Crippen molar-refractivity contribution in [3.05, 3.63) is 59.0 Å². The minimum absolute atomic E-state index is 0.168. The number of nitrogens with one attached hydrogen (secondary N) is 2. The van der Waals surface area contributed by atoms with E-state index in [0.717, 1.165) is 71.9 Å². The highest BCUT2D eigenvalue weighted by Crippen LogP contribution is 2.34. The van der Waals surface area contributed by atoms with Crippen LogP contribution in [0, 0.1) is 0 Å². The fraction of sp³-hybridized carbons (Fsp3) is 0.304. The van der Waals surface area contributed by atoms with Crippen LogP contribution >= 0.6 is 0 Å². The number of rotatable bonds is 4. The van der Waals surface area contributed by atoms with E-state index in [1.54, 1.807) is 18.7 Å². The van der Waals surface area contributed by atoms with Crippen molar-refractivity contribution < 1.29 is 0 Å². The Labute approximate surface area is 188 Å². The van der Waals surface area contributed by atoms with Crippen LogP contribution in [0.1, 0.15) is 31.2 Å². The van der Waals surface area contributed by atoms with Crippen molar-refractivity contribution in [2.24, 2.45) is 0 Å². The number of fused-ring (bicyclic) bond motifs is 2. The SMILES string of the molecule is CCn1c(-c2ccnnc2)nc2c(N3CCC(c4ccc5[nH]c(=O)[nH]c5c4)CC3)ncnc21. The first-order valence-electron chi connectivity index (χ1n) is 11.2. The van der Waals surface area contributed by atoms with Crippen LogP contribution in [0.25, 0.3) is 33.6 Å². The molecule has 1 aliphatic heterocycles. The van der Waals surface area contributed by atoms with Crippen molar-refractivity contribution in [3.8, 4) is 11.4 Å². The minimum atomic E-state index is -0.168. The molecular formula is C23H23N9O. The molecule has 4 aromatic heterocycles. The highest BCUT2D eigenvalue weighted by atomic mass is 16.1. The van der Waals surface area contributed by atoms with E-state index in [4.69, 9.17) is 4.98 Å². The zero-order valence-electron chi connectivity index (χ0n) is 18.2. The van der Waals surface area contributed by atoms with Gasteiger partial charge in [-0.2, -0.15) is 10.2 Å². The summed E-state index contributed by atoms with van der Waals surface area (Å²) in [5.74, 6) is 2.14. The Kier molecular flexibility index (Phi) is 4.63. The van der Waals surface area contributed by atoms with Gasteiger partial charge < -0.3 is 19.4 Å². The number of anilines is 1. The van der Waals surface area contributed by atoms with Crippen molar-refractivity contribution in [1.29, 1.82) is 0 Å². The zero-order valence-corrected chi connectivity index (χ0v) is 18.2. The van der Waals surface area contributed by atoms with Crippen molar-refractivity contribution in [2.45, 2.75) is 32.2 Å². The van der Waals surface area contributed by atoms with Gasteiger partial charge in [0.25, 0.3) is 0 Å². The molecule has 2 N–H and O–H groups in total. The van der Waals surface area contributed by atoms with Gasteiger partial charge in [0.05, 0.1) is 23.4 Å². The summed E-state index contributed by atoms with van der Waals surface area (Å²) >= 11 is 0. The molecule has 1 aromatic carbocycles. The second kappa shape index (κ2) is 7.80. The standard InChI is InChI=1S/C23H23N9O/c1-2-32-20(16-5-8-26-27-12-16)30-19-21(24-13-25-22(19)32)31-9-6-14(7-10-31)15-3-4-17-18(11-15)29-23(33)28-17/h3-5,8,11-14H,2,6-7,9-10H2,1H3,(H2,28,29,33). The topological polar surface area (TPSA) is 121 Å². The van der Waals surface area contributed by atoms with Gasteiger partial charge in [-0.3, -0.25) is 0 Å². The Hall–Kier alpha value is -4.08. The van der Waals surface area contributed by atoms with Crippen LogP contribution < -0.4 is 10.6 Å². The highest BCUT2D eigenvalue weighted by Gasteiger charge is 2.25. The summed E-state index contributed by atoms with van der Waals surface area (Å²) in [7, 11) is 0. The summed E-state index contributed by atoms with van der Waals surface area (Å²) in [5.41, 5.74) is 5.35. The molecule has 33 heavy (non-hydrogen) atoms. The molecule has 0 unspecified atom stereocenters. The van der Waals surface area contributed by atoms with Crippen molar-refractivity contribution in [2.75, 3.05) is 18.0 Å². The fourth-order valence-electron chi connectivity index (χ4n) is 4.83. The molecule has 5 aromatic rings. The van der Waals surface area contributed by atoms with E-state index < -0.39 is 0 Å². The zero-order chi connectivity index (χ0) is 22.4. The van der Waals surface area contributed by atoms with Crippen LogP contribution in [-0.2, 0) is 6.54 Å². The predicted octanol–water partition coefficient (Wildman–Crippen LogP) is 2.86. The molecule has 0 radical (unpaired) electrons. The van der Waals surface area contributed by atoms with Crippen LogP contribution in [0.3, 0.4) is 0 Å². The van der Waals surface area contributed by atoms with Crippen LogP contribution in [0.5, 0.6) is 0 Å². The number of imidazole rings is 2. The third kappa shape index (κ3) is 3.34. The maximum atomic E-state index is 11.6. The third-order valence-corrected chi connectivity index (χ3v) is 6.48. The van der Waals surface area contributed by atoms with E-state index in [1.165, 1.54) is 5.56 Å². The molecule has 6 rings (SSSR count). The molecule has 1 saturated heterocycles. The molecule has 1 aliphatic rings. The lowest BCUT2D eigenvalue weighted by atomic mass is 9.89. The average Bonchev–Trinajstić information content (AvgIpc) is 3.43. The molecule has 166 valence electrons. The van der Waals surface area contributed by atoms with E-state index in [2.05, 4.69) is 58.7 Å². The fourth-order valence-corrected chi connectivity index (χ4v) is 4.83. The smallest absolute Gasteiger partial charge is 0.323 e. The monoisotopic (exact) mass is 441 g/mol. The van der Waals surface area contributed by atoms with Gasteiger partial charge >= 0.3 is 5.69 Å². The van der Waals surface area contributed by atoms with E-state index >= 15 is 0 Å². The summed E-state index contributed by atoms with van der Waals surface area (Å²) in [6, 6.07) is 8.10. The van der Waals surface area contributed by atoms with Crippen LogP contribution in [0.4, 0.5) is 5.82 Å². The van der Waals surface area contributed by atoms with Gasteiger partial charge in [-0.05, 0) is 49.4 Å². The quantitative estimate of drug-likeness (QED) is 0.440. The third-order valence-electron chi connectivity index (χ3n) is 6.48. The molecule has 0 amide bonds. The van der Waals surface area contributed by atoms with Crippen molar-refractivity contribution in [1.82, 2.24) is 39.7 Å². The van der Waals surface area contributed by atoms with Gasteiger partial charge in [0, 0.05) is 25.2 Å². The largest absolute Gasteiger partial charge is 0.355 e. The molecule has 0 bridgehead atoms. The van der Waals surface area contributed by atoms with E-state index in [9.17, 15) is 4.79 Å². The van der Waals surface area contributed by atoms with Crippen LogP contribution in [-0.4, -0.2) is 52.8 Å². The molecule has 10 heteroatoms. The van der Waals surface area contributed by atoms with E-state index in [0.29, 0.717) is 5.92 Å². The minimum Gasteiger partial charge on any atom is -0.355 e. The Balaban J connectivity index is 1.29. The number of aryl methyl sites for hydroxylation is 1. The van der Waals surface area contributed by atoms with Crippen molar-refractivity contribution >= 4 is 28.0 Å². The maximum Gasteiger partial charge on any atom is 0.323 e. The molecule has 5 heterocycles.